The van der Waals surface area contributed by atoms with Crippen LogP contribution in [0.1, 0.15) is 59.6 Å². The monoisotopic (exact) mass is 382 g/mol. The summed E-state index contributed by atoms with van der Waals surface area (Å²) in [7, 11) is 0. The van der Waals surface area contributed by atoms with Crippen LogP contribution in [0, 0.1) is 39.5 Å². The molecule has 1 aliphatic carbocycles. The quantitative estimate of drug-likeness (QED) is 0.687. The molecule has 0 bridgehead atoms. The second-order valence-corrected chi connectivity index (χ2v) is 8.66. The Labute approximate surface area is 166 Å². The first kappa shape index (κ1) is 20.2. The van der Waals surface area contributed by atoms with E-state index in [-0.39, 0.29) is 11.5 Å². The minimum atomic E-state index is -0.793. The molecule has 4 heteroatoms. The van der Waals surface area contributed by atoms with Crippen molar-refractivity contribution in [2.45, 2.75) is 59.3 Å². The molecule has 0 amide bonds. The Kier molecular flexibility index (Phi) is 5.18. The van der Waals surface area contributed by atoms with Crippen LogP contribution in [0.4, 0.5) is 0 Å². The smallest absolute Gasteiger partial charge is 0.307 e. The zero-order valence-electron chi connectivity index (χ0n) is 17.3. The largest absolute Gasteiger partial charge is 0.507 e. The number of phenols is 2. The van der Waals surface area contributed by atoms with Crippen molar-refractivity contribution in [3.05, 3.63) is 57.6 Å². The Hall–Kier alpha value is -2.49. The van der Waals surface area contributed by atoms with E-state index in [9.17, 15) is 20.1 Å². The molecule has 0 aliphatic heterocycles. The molecule has 2 aromatic carbocycles. The van der Waals surface area contributed by atoms with Gasteiger partial charge in [0.1, 0.15) is 11.5 Å². The zero-order chi connectivity index (χ0) is 20.8. The van der Waals surface area contributed by atoms with Crippen LogP contribution in [0.2, 0.25) is 0 Å². The van der Waals surface area contributed by atoms with Gasteiger partial charge in [0.05, 0.1) is 5.92 Å². The molecule has 2 atom stereocenters. The Morgan fingerprint density at radius 3 is 1.64 bits per heavy atom. The van der Waals surface area contributed by atoms with Gasteiger partial charge < -0.3 is 15.3 Å². The van der Waals surface area contributed by atoms with Crippen LogP contribution in [0.5, 0.6) is 11.5 Å². The van der Waals surface area contributed by atoms with E-state index < -0.39 is 17.3 Å². The van der Waals surface area contributed by atoms with Gasteiger partial charge in [-0.3, -0.25) is 4.79 Å². The van der Waals surface area contributed by atoms with Crippen molar-refractivity contribution >= 4 is 5.97 Å². The van der Waals surface area contributed by atoms with Gasteiger partial charge in [-0.1, -0.05) is 31.2 Å². The van der Waals surface area contributed by atoms with Gasteiger partial charge in [-0.25, -0.2) is 0 Å². The van der Waals surface area contributed by atoms with E-state index in [2.05, 4.69) is 6.92 Å². The summed E-state index contributed by atoms with van der Waals surface area (Å²) in [5, 5.41) is 30.8. The number of aliphatic carboxylic acids is 1. The fourth-order valence-electron chi connectivity index (χ4n) is 4.97. The highest BCUT2D eigenvalue weighted by Gasteiger charge is 2.49. The third-order valence-corrected chi connectivity index (χ3v) is 6.57. The molecular formula is C24H30O4. The van der Waals surface area contributed by atoms with Crippen LogP contribution in [0.25, 0.3) is 0 Å². The van der Waals surface area contributed by atoms with Gasteiger partial charge >= 0.3 is 5.97 Å². The molecule has 4 nitrogen and oxygen atoms in total. The standard InChI is InChI=1S/C24H30O4/c1-13-6-7-24(20(8-13)23(27)28,18-9-14(2)21(25)15(3)10-18)19-11-16(4)22(26)17(5)12-19/h9-13,20,25-26H,6-8H2,1-5H3,(H,27,28). The molecule has 3 rings (SSSR count). The third-order valence-electron chi connectivity index (χ3n) is 6.57. The number of carbonyl (C=O) groups is 1. The first-order valence-electron chi connectivity index (χ1n) is 9.92. The normalized spacial score (nSPS) is 21.5. The summed E-state index contributed by atoms with van der Waals surface area (Å²) in [4.78, 5) is 12.4. The van der Waals surface area contributed by atoms with E-state index in [1.54, 1.807) is 0 Å². The summed E-state index contributed by atoms with van der Waals surface area (Å²) >= 11 is 0. The highest BCUT2D eigenvalue weighted by Crippen LogP contribution is 2.52. The maximum absolute atomic E-state index is 12.4. The number of aryl methyl sites for hydroxylation is 4. The van der Waals surface area contributed by atoms with Crippen LogP contribution >= 0.6 is 0 Å². The third kappa shape index (κ3) is 3.15. The minimum Gasteiger partial charge on any atom is -0.507 e. The highest BCUT2D eigenvalue weighted by molar-refractivity contribution is 5.75. The Morgan fingerprint density at radius 2 is 1.29 bits per heavy atom. The van der Waals surface area contributed by atoms with Crippen molar-refractivity contribution in [3.63, 3.8) is 0 Å². The lowest BCUT2D eigenvalue weighted by molar-refractivity contribution is -0.145. The lowest BCUT2D eigenvalue weighted by atomic mass is 9.56. The van der Waals surface area contributed by atoms with E-state index in [0.717, 1.165) is 46.2 Å². The van der Waals surface area contributed by atoms with Gasteiger partial charge in [-0.2, -0.15) is 0 Å². The molecule has 0 saturated heterocycles. The Bertz CT molecular complexity index is 825. The van der Waals surface area contributed by atoms with Gasteiger partial charge in [-0.05, 0) is 86.3 Å². The first-order valence-corrected chi connectivity index (χ1v) is 9.92. The second-order valence-electron chi connectivity index (χ2n) is 8.66. The maximum Gasteiger partial charge on any atom is 0.307 e. The number of hydrogen-bond acceptors (Lipinski definition) is 3. The zero-order valence-corrected chi connectivity index (χ0v) is 17.3. The lowest BCUT2D eigenvalue weighted by Gasteiger charge is -2.46. The number of aromatic hydroxyl groups is 2. The molecule has 1 saturated carbocycles. The van der Waals surface area contributed by atoms with Gasteiger partial charge in [0.2, 0.25) is 0 Å². The van der Waals surface area contributed by atoms with Crippen molar-refractivity contribution in [2.24, 2.45) is 11.8 Å². The molecule has 0 spiro atoms. The number of carboxylic acids is 1. The SMILES string of the molecule is Cc1cc(C2(c3cc(C)c(O)c(C)c3)CCC(C)CC2C(=O)O)cc(C)c1O. The van der Waals surface area contributed by atoms with Gasteiger partial charge in [0, 0.05) is 5.41 Å². The van der Waals surface area contributed by atoms with Gasteiger partial charge in [0.25, 0.3) is 0 Å². The Morgan fingerprint density at radius 1 is 0.893 bits per heavy atom. The molecule has 0 heterocycles. The van der Waals surface area contributed by atoms with Crippen LogP contribution in [0.3, 0.4) is 0 Å². The van der Waals surface area contributed by atoms with Crippen LogP contribution in [-0.2, 0) is 10.2 Å². The minimum absolute atomic E-state index is 0.257. The predicted molar refractivity (Wildman–Crippen MR) is 110 cm³/mol. The molecule has 0 radical (unpaired) electrons. The summed E-state index contributed by atoms with van der Waals surface area (Å²) in [5.74, 6) is -0.505. The molecule has 0 aromatic heterocycles. The highest BCUT2D eigenvalue weighted by atomic mass is 16.4. The van der Waals surface area contributed by atoms with Crippen molar-refractivity contribution in [1.82, 2.24) is 0 Å². The van der Waals surface area contributed by atoms with Crippen LogP contribution < -0.4 is 0 Å². The average Bonchev–Trinajstić information content (AvgIpc) is 2.63. The van der Waals surface area contributed by atoms with Crippen molar-refractivity contribution in [1.29, 1.82) is 0 Å². The van der Waals surface area contributed by atoms with E-state index in [4.69, 9.17) is 0 Å². The predicted octanol–water partition coefficient (Wildman–Crippen LogP) is 5.14. The van der Waals surface area contributed by atoms with Crippen molar-refractivity contribution < 1.29 is 20.1 Å². The topological polar surface area (TPSA) is 77.8 Å². The number of rotatable bonds is 3. The number of benzene rings is 2. The molecule has 3 N–H and O–H groups in total. The summed E-state index contributed by atoms with van der Waals surface area (Å²) in [6.45, 7) is 9.53. The number of hydrogen-bond donors (Lipinski definition) is 3. The van der Waals surface area contributed by atoms with E-state index in [1.807, 2.05) is 52.0 Å². The summed E-state index contributed by atoms with van der Waals surface area (Å²) in [5.41, 5.74) is 4.20. The average molecular weight is 383 g/mol. The van der Waals surface area contributed by atoms with Crippen LogP contribution in [0.15, 0.2) is 24.3 Å². The number of carboxylic acid groups (broad SMARTS) is 1. The van der Waals surface area contributed by atoms with Gasteiger partial charge in [0.15, 0.2) is 0 Å². The molecular weight excluding hydrogens is 352 g/mol. The summed E-state index contributed by atoms with van der Waals surface area (Å²) in [6, 6.07) is 7.75. The maximum atomic E-state index is 12.4. The van der Waals surface area contributed by atoms with Crippen LogP contribution in [-0.4, -0.2) is 21.3 Å². The molecule has 28 heavy (non-hydrogen) atoms. The van der Waals surface area contributed by atoms with E-state index >= 15 is 0 Å². The van der Waals surface area contributed by atoms with Gasteiger partial charge in [-0.15, -0.1) is 0 Å². The second kappa shape index (κ2) is 7.16. The Balaban J connectivity index is 2.36. The fourth-order valence-corrected chi connectivity index (χ4v) is 4.97. The van der Waals surface area contributed by atoms with E-state index in [0.29, 0.717) is 12.3 Å². The summed E-state index contributed by atoms with van der Waals surface area (Å²) in [6.07, 6.45) is 2.26. The molecule has 2 unspecified atom stereocenters. The molecule has 150 valence electrons. The summed E-state index contributed by atoms with van der Waals surface area (Å²) < 4.78 is 0. The molecule has 2 aromatic rings. The molecule has 1 aliphatic rings. The number of phenolic OH excluding ortho intramolecular Hbond substituents is 2. The molecule has 1 fully saturated rings. The lowest BCUT2D eigenvalue weighted by Crippen LogP contribution is -2.45. The van der Waals surface area contributed by atoms with Crippen molar-refractivity contribution in [2.75, 3.05) is 0 Å². The fraction of sp³-hybridized carbons (Fsp3) is 0.458. The van der Waals surface area contributed by atoms with E-state index in [1.165, 1.54) is 0 Å². The first-order chi connectivity index (χ1) is 13.1. The van der Waals surface area contributed by atoms with Crippen molar-refractivity contribution in [3.8, 4) is 11.5 Å².